The van der Waals surface area contributed by atoms with Crippen molar-refractivity contribution in [2.45, 2.75) is 51.9 Å². The van der Waals surface area contributed by atoms with E-state index in [9.17, 15) is 9.59 Å². The van der Waals surface area contributed by atoms with E-state index in [1.54, 1.807) is 0 Å². The van der Waals surface area contributed by atoms with Crippen LogP contribution < -0.4 is 5.56 Å². The Labute approximate surface area is 153 Å². The fourth-order valence-corrected chi connectivity index (χ4v) is 4.29. The molecule has 0 spiro atoms. The maximum atomic E-state index is 13.0. The van der Waals surface area contributed by atoms with Crippen LogP contribution >= 0.6 is 0 Å². The lowest BCUT2D eigenvalue weighted by Gasteiger charge is -2.33. The van der Waals surface area contributed by atoms with E-state index in [-0.39, 0.29) is 11.5 Å². The molecule has 6 heteroatoms. The Kier molecular flexibility index (Phi) is 4.66. The zero-order valence-corrected chi connectivity index (χ0v) is 15.3. The Hall–Kier alpha value is -2.37. The van der Waals surface area contributed by atoms with Gasteiger partial charge in [-0.05, 0) is 75.0 Å². The van der Waals surface area contributed by atoms with E-state index >= 15 is 0 Å². The van der Waals surface area contributed by atoms with Crippen LogP contribution in [0.15, 0.2) is 17.1 Å². The van der Waals surface area contributed by atoms with Gasteiger partial charge in [-0.1, -0.05) is 0 Å². The number of carbonyl (C=O) groups is 1. The SMILES string of the molecule is Cc1cn[nH]c1CC1CCCN(C(=O)c2cc3c([nH]c2=O)CCCC3)C1. The molecule has 1 amide bonds. The van der Waals surface area contributed by atoms with Crippen molar-refractivity contribution in [3.05, 3.63) is 50.7 Å². The molecule has 6 nitrogen and oxygen atoms in total. The first-order chi connectivity index (χ1) is 12.6. The minimum atomic E-state index is -0.234. The van der Waals surface area contributed by atoms with Crippen molar-refractivity contribution in [3.8, 4) is 0 Å². The third kappa shape index (κ3) is 3.32. The molecule has 1 unspecified atom stereocenters. The predicted molar refractivity (Wildman–Crippen MR) is 99.4 cm³/mol. The minimum Gasteiger partial charge on any atom is -0.338 e. The molecule has 1 atom stereocenters. The van der Waals surface area contributed by atoms with Gasteiger partial charge >= 0.3 is 0 Å². The molecular weight excluding hydrogens is 328 g/mol. The molecule has 0 radical (unpaired) electrons. The first-order valence-corrected chi connectivity index (χ1v) is 9.65. The molecule has 1 aliphatic heterocycles. The zero-order valence-electron chi connectivity index (χ0n) is 15.3. The highest BCUT2D eigenvalue weighted by molar-refractivity contribution is 5.94. The molecule has 1 fully saturated rings. The van der Waals surface area contributed by atoms with Gasteiger partial charge in [-0.3, -0.25) is 14.7 Å². The molecule has 1 saturated heterocycles. The van der Waals surface area contributed by atoms with E-state index in [1.807, 2.05) is 17.2 Å². The Morgan fingerprint density at radius 3 is 2.96 bits per heavy atom. The summed E-state index contributed by atoms with van der Waals surface area (Å²) in [5.41, 5.74) is 4.55. The summed E-state index contributed by atoms with van der Waals surface area (Å²) >= 11 is 0. The summed E-state index contributed by atoms with van der Waals surface area (Å²) in [6, 6.07) is 1.85. The van der Waals surface area contributed by atoms with E-state index in [2.05, 4.69) is 22.1 Å². The number of fused-ring (bicyclic) bond motifs is 1. The summed E-state index contributed by atoms with van der Waals surface area (Å²) in [6.07, 6.45) is 8.92. The van der Waals surface area contributed by atoms with Gasteiger partial charge in [0.05, 0.1) is 6.20 Å². The van der Waals surface area contributed by atoms with E-state index in [4.69, 9.17) is 0 Å². The average Bonchev–Trinajstić information content (AvgIpc) is 3.05. The molecule has 26 heavy (non-hydrogen) atoms. The number of hydrogen-bond donors (Lipinski definition) is 2. The molecule has 0 bridgehead atoms. The maximum absolute atomic E-state index is 13.0. The first-order valence-electron chi connectivity index (χ1n) is 9.65. The normalized spacial score (nSPS) is 20.0. The number of piperidine rings is 1. The second-order valence-corrected chi connectivity index (χ2v) is 7.72. The van der Waals surface area contributed by atoms with E-state index in [0.29, 0.717) is 18.0 Å². The van der Waals surface area contributed by atoms with E-state index < -0.39 is 0 Å². The number of carbonyl (C=O) groups excluding carboxylic acids is 1. The molecule has 2 N–H and O–H groups in total. The molecule has 3 heterocycles. The third-order valence-electron chi connectivity index (χ3n) is 5.80. The van der Waals surface area contributed by atoms with Gasteiger partial charge in [0, 0.05) is 24.5 Å². The number of nitrogens with one attached hydrogen (secondary N) is 2. The van der Waals surface area contributed by atoms with Gasteiger partial charge < -0.3 is 9.88 Å². The van der Waals surface area contributed by atoms with Gasteiger partial charge in [-0.15, -0.1) is 0 Å². The first kappa shape index (κ1) is 17.1. The molecule has 138 valence electrons. The van der Waals surface area contributed by atoms with Crippen LogP contribution in [0.4, 0.5) is 0 Å². The Balaban J connectivity index is 1.51. The molecule has 1 aliphatic carbocycles. The maximum Gasteiger partial charge on any atom is 0.261 e. The number of rotatable bonds is 3. The van der Waals surface area contributed by atoms with Crippen LogP contribution in [0.1, 0.15) is 58.6 Å². The van der Waals surface area contributed by atoms with Crippen molar-refractivity contribution in [3.63, 3.8) is 0 Å². The number of hydrogen-bond acceptors (Lipinski definition) is 3. The smallest absolute Gasteiger partial charge is 0.261 e. The lowest BCUT2D eigenvalue weighted by atomic mass is 9.91. The fourth-order valence-electron chi connectivity index (χ4n) is 4.29. The number of aromatic nitrogens is 3. The third-order valence-corrected chi connectivity index (χ3v) is 5.80. The largest absolute Gasteiger partial charge is 0.338 e. The van der Waals surface area contributed by atoms with Crippen molar-refractivity contribution in [1.29, 1.82) is 0 Å². The minimum absolute atomic E-state index is 0.120. The quantitative estimate of drug-likeness (QED) is 0.888. The van der Waals surface area contributed by atoms with Gasteiger partial charge in [0.15, 0.2) is 0 Å². The fraction of sp³-hybridized carbons (Fsp3) is 0.550. The molecular formula is C20H26N4O2. The standard InChI is InChI=1S/C20H26N4O2/c1-13-11-21-23-18(13)9-14-5-4-8-24(12-14)20(26)16-10-15-6-2-3-7-17(15)22-19(16)25/h10-11,14H,2-9,12H2,1H3,(H,21,23)(H,22,25). The molecule has 0 saturated carbocycles. The Morgan fingerprint density at radius 1 is 1.31 bits per heavy atom. The molecule has 2 aliphatic rings. The van der Waals surface area contributed by atoms with Gasteiger partial charge in [0.2, 0.25) is 0 Å². The highest BCUT2D eigenvalue weighted by Crippen LogP contribution is 2.23. The van der Waals surface area contributed by atoms with Crippen LogP contribution in [-0.2, 0) is 19.3 Å². The van der Waals surface area contributed by atoms with Gasteiger partial charge in [0.1, 0.15) is 5.56 Å². The van der Waals surface area contributed by atoms with Gasteiger partial charge in [0.25, 0.3) is 11.5 Å². The summed E-state index contributed by atoms with van der Waals surface area (Å²) in [4.78, 5) is 30.3. The molecule has 0 aromatic carbocycles. The van der Waals surface area contributed by atoms with E-state index in [1.165, 1.54) is 5.56 Å². The van der Waals surface area contributed by atoms with Gasteiger partial charge in [-0.2, -0.15) is 5.10 Å². The van der Waals surface area contributed by atoms with E-state index in [0.717, 1.165) is 68.4 Å². The summed E-state index contributed by atoms with van der Waals surface area (Å²) in [6.45, 7) is 3.48. The van der Waals surface area contributed by atoms with Crippen LogP contribution in [-0.4, -0.2) is 39.1 Å². The van der Waals surface area contributed by atoms with Crippen molar-refractivity contribution in [2.75, 3.05) is 13.1 Å². The summed E-state index contributed by atoms with van der Waals surface area (Å²) in [5.74, 6) is 0.286. The Bertz CT molecular complexity index is 867. The van der Waals surface area contributed by atoms with Crippen molar-refractivity contribution in [2.24, 2.45) is 5.92 Å². The number of likely N-dealkylation sites (tertiary alicyclic amines) is 1. The van der Waals surface area contributed by atoms with Crippen LogP contribution in [0.25, 0.3) is 0 Å². The lowest BCUT2D eigenvalue weighted by molar-refractivity contribution is 0.0670. The van der Waals surface area contributed by atoms with Crippen molar-refractivity contribution < 1.29 is 4.79 Å². The Morgan fingerprint density at radius 2 is 2.15 bits per heavy atom. The monoisotopic (exact) mass is 354 g/mol. The van der Waals surface area contributed by atoms with Crippen molar-refractivity contribution >= 4 is 5.91 Å². The highest BCUT2D eigenvalue weighted by atomic mass is 16.2. The summed E-state index contributed by atoms with van der Waals surface area (Å²) in [5, 5.41) is 7.15. The lowest BCUT2D eigenvalue weighted by Crippen LogP contribution is -2.42. The number of H-pyrrole nitrogens is 2. The second kappa shape index (κ2) is 7.09. The predicted octanol–water partition coefficient (Wildman–Crippen LogP) is 2.38. The molecule has 2 aromatic heterocycles. The number of amides is 1. The number of aromatic amines is 2. The molecule has 2 aromatic rings. The second-order valence-electron chi connectivity index (χ2n) is 7.72. The average molecular weight is 354 g/mol. The van der Waals surface area contributed by atoms with Crippen LogP contribution in [0.2, 0.25) is 0 Å². The van der Waals surface area contributed by atoms with Crippen LogP contribution in [0.3, 0.4) is 0 Å². The van der Waals surface area contributed by atoms with Crippen LogP contribution in [0.5, 0.6) is 0 Å². The zero-order chi connectivity index (χ0) is 18.1. The number of nitrogens with zero attached hydrogens (tertiary/aromatic N) is 2. The highest BCUT2D eigenvalue weighted by Gasteiger charge is 2.27. The van der Waals surface area contributed by atoms with Crippen molar-refractivity contribution in [1.82, 2.24) is 20.1 Å². The topological polar surface area (TPSA) is 81.8 Å². The van der Waals surface area contributed by atoms with Gasteiger partial charge in [-0.25, -0.2) is 0 Å². The number of pyridine rings is 1. The number of aryl methyl sites for hydroxylation is 3. The summed E-state index contributed by atoms with van der Waals surface area (Å²) < 4.78 is 0. The van der Waals surface area contributed by atoms with Crippen LogP contribution in [0, 0.1) is 12.8 Å². The molecule has 4 rings (SSSR count). The summed E-state index contributed by atoms with van der Waals surface area (Å²) in [7, 11) is 0.